The van der Waals surface area contributed by atoms with E-state index in [-0.39, 0.29) is 5.91 Å². The van der Waals surface area contributed by atoms with E-state index in [0.29, 0.717) is 42.3 Å². The number of hydrogen-bond donors (Lipinski definition) is 2. The van der Waals surface area contributed by atoms with Gasteiger partial charge in [0.15, 0.2) is 0 Å². The van der Waals surface area contributed by atoms with E-state index in [2.05, 4.69) is 22.3 Å². The van der Waals surface area contributed by atoms with Crippen molar-refractivity contribution in [1.29, 1.82) is 0 Å². The van der Waals surface area contributed by atoms with Gasteiger partial charge >= 0.3 is 6.09 Å². The highest BCUT2D eigenvalue weighted by atomic mass is 19.1. The van der Waals surface area contributed by atoms with Crippen LogP contribution in [0.15, 0.2) is 36.4 Å². The number of carbonyl (C=O) groups excluding carboxylic acids is 1. The number of hydrogen-bond acceptors (Lipinski definition) is 4. The van der Waals surface area contributed by atoms with E-state index in [9.17, 15) is 14.0 Å². The van der Waals surface area contributed by atoms with Gasteiger partial charge < -0.3 is 20.1 Å². The summed E-state index contributed by atoms with van der Waals surface area (Å²) >= 11 is 0. The number of carboxylic acid groups (broad SMARTS) is 1. The summed E-state index contributed by atoms with van der Waals surface area (Å²) in [6, 6.07) is 10.4. The second-order valence-electron chi connectivity index (χ2n) is 8.34. The van der Waals surface area contributed by atoms with Crippen molar-refractivity contribution in [3.05, 3.63) is 64.5 Å². The molecule has 5 rings (SSSR count). The van der Waals surface area contributed by atoms with Gasteiger partial charge in [0.2, 0.25) is 0 Å². The molecule has 2 N–H and O–H groups in total. The Morgan fingerprint density at radius 1 is 1.09 bits per heavy atom. The minimum atomic E-state index is -0.844. The Balaban J connectivity index is 1.26. The van der Waals surface area contributed by atoms with Crippen LogP contribution in [0.4, 0.5) is 14.9 Å². The van der Waals surface area contributed by atoms with Crippen LogP contribution >= 0.6 is 0 Å². The molecule has 2 aromatic rings. The first-order valence-electron chi connectivity index (χ1n) is 10.8. The Labute approximate surface area is 185 Å². The van der Waals surface area contributed by atoms with Gasteiger partial charge in [-0.3, -0.25) is 9.69 Å². The quantitative estimate of drug-likeness (QED) is 0.717. The number of halogens is 1. The van der Waals surface area contributed by atoms with Crippen LogP contribution < -0.4 is 5.32 Å². The number of aryl methyl sites for hydroxylation is 1. The fraction of sp³-hybridized carbons (Fsp3) is 0.333. The molecule has 3 aliphatic heterocycles. The summed E-state index contributed by atoms with van der Waals surface area (Å²) in [6.45, 7) is 3.97. The lowest BCUT2D eigenvalue weighted by Gasteiger charge is -2.33. The largest absolute Gasteiger partial charge is 0.487 e. The lowest BCUT2D eigenvalue weighted by atomic mass is 9.98. The third-order valence-electron chi connectivity index (χ3n) is 6.32. The molecule has 2 aromatic carbocycles. The van der Waals surface area contributed by atoms with Crippen molar-refractivity contribution in [3.63, 3.8) is 0 Å². The van der Waals surface area contributed by atoms with Crippen molar-refractivity contribution in [3.8, 4) is 0 Å². The smallest absolute Gasteiger partial charge is 0.407 e. The Morgan fingerprint density at radius 2 is 1.91 bits per heavy atom. The minimum absolute atomic E-state index is 0.277. The van der Waals surface area contributed by atoms with E-state index in [1.807, 2.05) is 6.07 Å². The zero-order valence-electron chi connectivity index (χ0n) is 17.6. The molecule has 0 atom stereocenters. The first-order valence-corrected chi connectivity index (χ1v) is 10.8. The lowest BCUT2D eigenvalue weighted by molar-refractivity contribution is -0.110. The van der Waals surface area contributed by atoms with Crippen LogP contribution in [-0.4, -0.2) is 59.6 Å². The number of carbonyl (C=O) groups is 2. The third kappa shape index (κ3) is 3.82. The number of rotatable bonds is 4. The summed E-state index contributed by atoms with van der Waals surface area (Å²) in [6.07, 6.45) is 1.05. The summed E-state index contributed by atoms with van der Waals surface area (Å²) in [5.41, 5.74) is 4.61. The standard InChI is InChI=1S/C24H24FN3O4/c25-17-4-6-20-19(13-17)21(23(29)26-20)22-18-5-3-15(12-16(18)14-32-22)2-1-7-27-8-10-28(11-9-27)24(30)31/h3-6,12-13H,1-2,7-11,14H2,(H,26,29)(H,30,31). The maximum absolute atomic E-state index is 13.8. The predicted molar refractivity (Wildman–Crippen MR) is 117 cm³/mol. The van der Waals surface area contributed by atoms with Crippen LogP contribution in [0.5, 0.6) is 0 Å². The average molecular weight is 437 g/mol. The number of fused-ring (bicyclic) bond motifs is 2. The highest BCUT2D eigenvalue weighted by Gasteiger charge is 2.32. The molecule has 2 amide bonds. The van der Waals surface area contributed by atoms with Crippen molar-refractivity contribution in [1.82, 2.24) is 9.80 Å². The van der Waals surface area contributed by atoms with E-state index in [4.69, 9.17) is 9.84 Å². The number of nitrogens with one attached hydrogen (secondary N) is 1. The van der Waals surface area contributed by atoms with Crippen LogP contribution in [0.3, 0.4) is 0 Å². The second kappa shape index (κ2) is 8.27. The fourth-order valence-corrected chi connectivity index (χ4v) is 4.61. The molecule has 0 bridgehead atoms. The van der Waals surface area contributed by atoms with Crippen LogP contribution in [0, 0.1) is 5.82 Å². The van der Waals surface area contributed by atoms with Crippen molar-refractivity contribution in [2.24, 2.45) is 0 Å². The molecule has 0 aromatic heterocycles. The molecule has 1 fully saturated rings. The van der Waals surface area contributed by atoms with Crippen LogP contribution in [-0.2, 0) is 22.6 Å². The maximum atomic E-state index is 13.8. The molecule has 0 spiro atoms. The lowest BCUT2D eigenvalue weighted by Crippen LogP contribution is -2.48. The number of ether oxygens (including phenoxy) is 1. The third-order valence-corrected chi connectivity index (χ3v) is 6.32. The van der Waals surface area contributed by atoms with Gasteiger partial charge in [0.1, 0.15) is 18.2 Å². The first kappa shape index (κ1) is 20.5. The number of amides is 2. The molecule has 32 heavy (non-hydrogen) atoms. The summed E-state index contributed by atoms with van der Waals surface area (Å²) in [4.78, 5) is 27.3. The van der Waals surface area contributed by atoms with Crippen LogP contribution in [0.1, 0.15) is 28.7 Å². The predicted octanol–water partition coefficient (Wildman–Crippen LogP) is 3.40. The molecule has 8 heteroatoms. The minimum Gasteiger partial charge on any atom is -0.487 e. The van der Waals surface area contributed by atoms with E-state index < -0.39 is 11.9 Å². The van der Waals surface area contributed by atoms with E-state index in [1.165, 1.54) is 22.6 Å². The van der Waals surface area contributed by atoms with Crippen molar-refractivity contribution < 1.29 is 23.8 Å². The van der Waals surface area contributed by atoms with Gasteiger partial charge in [-0.25, -0.2) is 9.18 Å². The summed E-state index contributed by atoms with van der Waals surface area (Å²) < 4.78 is 19.7. The molecule has 0 unspecified atom stereocenters. The molecule has 0 aliphatic carbocycles. The molecule has 7 nitrogen and oxygen atoms in total. The highest BCUT2D eigenvalue weighted by molar-refractivity contribution is 6.36. The Hall–Kier alpha value is -3.39. The zero-order valence-corrected chi connectivity index (χ0v) is 17.6. The summed E-state index contributed by atoms with van der Waals surface area (Å²) in [5, 5.41) is 11.8. The molecule has 1 saturated heterocycles. The molecule has 3 heterocycles. The van der Waals surface area contributed by atoms with Gasteiger partial charge in [-0.2, -0.15) is 0 Å². The van der Waals surface area contributed by atoms with Crippen LogP contribution in [0.2, 0.25) is 0 Å². The average Bonchev–Trinajstić information content (AvgIpc) is 3.33. The molecular weight excluding hydrogens is 413 g/mol. The number of nitrogens with zero attached hydrogens (tertiary/aromatic N) is 2. The summed E-state index contributed by atoms with van der Waals surface area (Å²) in [5.74, 6) is -0.165. The van der Waals surface area contributed by atoms with Crippen molar-refractivity contribution in [2.45, 2.75) is 19.4 Å². The molecular formula is C24H24FN3O4. The SMILES string of the molecule is O=C1Nc2ccc(F)cc2C1=C1OCc2cc(CCCN3CCN(C(=O)O)CC3)ccc21. The zero-order chi connectivity index (χ0) is 22.2. The van der Waals surface area contributed by atoms with Gasteiger partial charge in [-0.15, -0.1) is 0 Å². The topological polar surface area (TPSA) is 82.1 Å². The first-order chi connectivity index (χ1) is 15.5. The van der Waals surface area contributed by atoms with Gasteiger partial charge in [-0.05, 0) is 43.1 Å². The maximum Gasteiger partial charge on any atom is 0.407 e. The van der Waals surface area contributed by atoms with Crippen molar-refractivity contribution in [2.75, 3.05) is 38.0 Å². The van der Waals surface area contributed by atoms with Crippen LogP contribution in [0.25, 0.3) is 11.3 Å². The normalized spacial score (nSPS) is 20.0. The molecule has 166 valence electrons. The van der Waals surface area contributed by atoms with E-state index in [0.717, 1.165) is 43.6 Å². The van der Waals surface area contributed by atoms with E-state index in [1.54, 1.807) is 6.07 Å². The molecule has 3 aliphatic rings. The summed E-state index contributed by atoms with van der Waals surface area (Å²) in [7, 11) is 0. The number of anilines is 1. The van der Waals surface area contributed by atoms with Crippen molar-refractivity contribution >= 4 is 29.0 Å². The Bertz CT molecular complexity index is 1120. The Morgan fingerprint density at radius 3 is 2.69 bits per heavy atom. The van der Waals surface area contributed by atoms with Gasteiger partial charge in [0.05, 0.1) is 5.57 Å². The van der Waals surface area contributed by atoms with Gasteiger partial charge in [-0.1, -0.05) is 18.2 Å². The van der Waals surface area contributed by atoms with E-state index >= 15 is 0 Å². The van der Waals surface area contributed by atoms with Gasteiger partial charge in [0.25, 0.3) is 5.91 Å². The molecule has 0 saturated carbocycles. The number of piperazine rings is 1. The second-order valence-corrected chi connectivity index (χ2v) is 8.34. The van der Waals surface area contributed by atoms with Gasteiger partial charge in [0, 0.05) is 48.6 Å². The highest BCUT2D eigenvalue weighted by Crippen LogP contribution is 2.42. The molecule has 0 radical (unpaired) electrons. The number of benzene rings is 2. The Kier molecular flexibility index (Phi) is 5.30. The monoisotopic (exact) mass is 437 g/mol. The fourth-order valence-electron chi connectivity index (χ4n) is 4.61.